The van der Waals surface area contributed by atoms with Gasteiger partial charge in [-0.2, -0.15) is 0 Å². The Kier molecular flexibility index (Phi) is 10.3. The Morgan fingerprint density at radius 3 is 0.844 bits per heavy atom. The van der Waals surface area contributed by atoms with Crippen LogP contribution in [0.15, 0.2) is 48.5 Å². The molecule has 4 aromatic carbocycles. The largest absolute Gasteiger partial charge is 0.504 e. The van der Waals surface area contributed by atoms with E-state index in [0.29, 0.717) is 45.3 Å². The fraction of sp³-hybridized carbons (Fsp3) is 0.351. The van der Waals surface area contributed by atoms with Crippen molar-refractivity contribution in [3.05, 3.63) is 93.0 Å². The SMILES string of the molecule is COc1cc(C(CCCC(c2cc(C)c(O)c(OC)c2)c2cc(C)c(O)c(OC)c2)c2cc(C)c(O)c(OC)c2)cc(C)c1O. The molecule has 0 unspecified atom stereocenters. The number of phenolic OH excluding ortho intramolecular Hbond substituents is 4. The van der Waals surface area contributed by atoms with Crippen LogP contribution in [0.2, 0.25) is 0 Å². The summed E-state index contributed by atoms with van der Waals surface area (Å²) in [4.78, 5) is 0. The number of ether oxygens (including phenoxy) is 4. The number of hydrogen-bond acceptors (Lipinski definition) is 8. The smallest absolute Gasteiger partial charge is 0.161 e. The minimum atomic E-state index is -0.112. The standard InChI is InChI=1S/C37H44O8/c1-20-12-24(16-30(42-5)34(20)38)28(25-13-21(2)35(39)31(17-25)43-6)10-9-11-29(26-14-22(3)36(40)32(18-26)44-7)27-15-23(4)37(41)33(19-27)45-8/h12-19,28-29,38-41H,9-11H2,1-8H3. The Hall–Kier alpha value is -4.72. The zero-order valence-electron chi connectivity index (χ0n) is 27.3. The molecule has 0 saturated carbocycles. The van der Waals surface area contributed by atoms with Gasteiger partial charge in [0.25, 0.3) is 0 Å². The van der Waals surface area contributed by atoms with Gasteiger partial charge in [0.15, 0.2) is 46.0 Å². The summed E-state index contributed by atoms with van der Waals surface area (Å²) in [6.07, 6.45) is 2.21. The van der Waals surface area contributed by atoms with Gasteiger partial charge in [-0.3, -0.25) is 0 Å². The van der Waals surface area contributed by atoms with Crippen molar-refractivity contribution in [3.63, 3.8) is 0 Å². The van der Waals surface area contributed by atoms with Crippen LogP contribution in [0.3, 0.4) is 0 Å². The maximum Gasteiger partial charge on any atom is 0.161 e. The van der Waals surface area contributed by atoms with E-state index in [0.717, 1.165) is 41.5 Å². The Morgan fingerprint density at radius 2 is 0.644 bits per heavy atom. The van der Waals surface area contributed by atoms with Crippen LogP contribution >= 0.6 is 0 Å². The van der Waals surface area contributed by atoms with E-state index in [1.54, 1.807) is 0 Å². The number of rotatable bonds is 12. The lowest BCUT2D eigenvalue weighted by Gasteiger charge is -2.25. The molecule has 0 bridgehead atoms. The molecule has 0 spiro atoms. The van der Waals surface area contributed by atoms with Crippen molar-refractivity contribution in [1.82, 2.24) is 0 Å². The first kappa shape index (κ1) is 33.2. The predicted molar refractivity (Wildman–Crippen MR) is 175 cm³/mol. The monoisotopic (exact) mass is 616 g/mol. The summed E-state index contributed by atoms with van der Waals surface area (Å²) < 4.78 is 22.0. The molecular formula is C37H44O8. The molecule has 0 heterocycles. The van der Waals surface area contributed by atoms with Crippen LogP contribution in [0.4, 0.5) is 0 Å². The Bertz CT molecular complexity index is 1430. The van der Waals surface area contributed by atoms with Gasteiger partial charge in [0, 0.05) is 11.8 Å². The van der Waals surface area contributed by atoms with Gasteiger partial charge in [-0.15, -0.1) is 0 Å². The van der Waals surface area contributed by atoms with Crippen LogP contribution in [0.25, 0.3) is 0 Å². The van der Waals surface area contributed by atoms with Crippen molar-refractivity contribution in [2.45, 2.75) is 58.8 Å². The lowest BCUT2D eigenvalue weighted by atomic mass is 9.81. The van der Waals surface area contributed by atoms with E-state index < -0.39 is 0 Å². The highest BCUT2D eigenvalue weighted by Gasteiger charge is 2.24. The molecule has 0 radical (unpaired) electrons. The fourth-order valence-electron chi connectivity index (χ4n) is 6.10. The first-order valence-electron chi connectivity index (χ1n) is 14.9. The second-order valence-electron chi connectivity index (χ2n) is 11.6. The normalized spacial score (nSPS) is 11.2. The lowest BCUT2D eigenvalue weighted by molar-refractivity contribution is 0.369. The molecule has 0 amide bonds. The Morgan fingerprint density at radius 1 is 0.422 bits per heavy atom. The maximum absolute atomic E-state index is 10.6. The van der Waals surface area contributed by atoms with Crippen LogP contribution in [0.5, 0.6) is 46.0 Å². The molecule has 4 N–H and O–H groups in total. The average Bonchev–Trinajstić information content (AvgIpc) is 3.02. The van der Waals surface area contributed by atoms with Crippen molar-refractivity contribution in [1.29, 1.82) is 0 Å². The van der Waals surface area contributed by atoms with Gasteiger partial charge in [-0.05, 0) is 109 Å². The van der Waals surface area contributed by atoms with Gasteiger partial charge in [0.1, 0.15) is 0 Å². The van der Waals surface area contributed by atoms with Crippen molar-refractivity contribution in [2.24, 2.45) is 0 Å². The van der Waals surface area contributed by atoms with Gasteiger partial charge >= 0.3 is 0 Å². The number of phenols is 4. The van der Waals surface area contributed by atoms with E-state index in [-0.39, 0.29) is 34.8 Å². The zero-order valence-corrected chi connectivity index (χ0v) is 27.3. The zero-order chi connectivity index (χ0) is 33.0. The van der Waals surface area contributed by atoms with E-state index in [9.17, 15) is 20.4 Å². The van der Waals surface area contributed by atoms with Crippen LogP contribution in [0.1, 0.15) is 75.6 Å². The maximum atomic E-state index is 10.6. The van der Waals surface area contributed by atoms with E-state index in [1.807, 2.05) is 76.2 Å². The van der Waals surface area contributed by atoms with Crippen molar-refractivity contribution in [3.8, 4) is 46.0 Å². The van der Waals surface area contributed by atoms with Gasteiger partial charge in [0.2, 0.25) is 0 Å². The summed E-state index contributed by atoms with van der Waals surface area (Å²) in [5, 5.41) is 42.3. The predicted octanol–water partition coefficient (Wildman–Crippen LogP) is 7.91. The van der Waals surface area contributed by atoms with Crippen LogP contribution < -0.4 is 18.9 Å². The van der Waals surface area contributed by atoms with Gasteiger partial charge in [-0.1, -0.05) is 30.7 Å². The first-order valence-corrected chi connectivity index (χ1v) is 14.9. The molecule has 0 fully saturated rings. The Balaban J connectivity index is 1.79. The van der Waals surface area contributed by atoms with Crippen LogP contribution in [-0.2, 0) is 0 Å². The highest BCUT2D eigenvalue weighted by Crippen LogP contribution is 2.44. The Labute approximate surface area is 265 Å². The fourth-order valence-corrected chi connectivity index (χ4v) is 6.10. The number of hydrogen-bond donors (Lipinski definition) is 4. The number of aromatic hydroxyl groups is 4. The molecule has 0 aliphatic carbocycles. The van der Waals surface area contributed by atoms with E-state index in [4.69, 9.17) is 18.9 Å². The highest BCUT2D eigenvalue weighted by molar-refractivity contribution is 5.55. The molecule has 0 aromatic heterocycles. The molecule has 8 nitrogen and oxygen atoms in total. The second-order valence-corrected chi connectivity index (χ2v) is 11.6. The van der Waals surface area contributed by atoms with E-state index in [2.05, 4.69) is 0 Å². The topological polar surface area (TPSA) is 118 Å². The molecule has 8 heteroatoms. The van der Waals surface area contributed by atoms with Gasteiger partial charge in [0.05, 0.1) is 28.4 Å². The first-order chi connectivity index (χ1) is 21.4. The molecule has 0 aliphatic heterocycles. The summed E-state index contributed by atoms with van der Waals surface area (Å²) in [5.74, 6) is 1.78. The summed E-state index contributed by atoms with van der Waals surface area (Å²) in [6.45, 7) is 7.38. The average molecular weight is 617 g/mol. The minimum Gasteiger partial charge on any atom is -0.504 e. The third-order valence-electron chi connectivity index (χ3n) is 8.63. The highest BCUT2D eigenvalue weighted by atomic mass is 16.5. The van der Waals surface area contributed by atoms with Crippen molar-refractivity contribution < 1.29 is 39.4 Å². The van der Waals surface area contributed by atoms with Gasteiger partial charge < -0.3 is 39.4 Å². The minimum absolute atomic E-state index is 0.104. The van der Waals surface area contributed by atoms with Crippen molar-refractivity contribution >= 4 is 0 Å². The quantitative estimate of drug-likeness (QED) is 0.127. The van der Waals surface area contributed by atoms with E-state index >= 15 is 0 Å². The molecule has 0 saturated heterocycles. The molecule has 4 aromatic rings. The third kappa shape index (κ3) is 6.85. The molecule has 4 rings (SSSR count). The summed E-state index contributed by atoms with van der Waals surface area (Å²) >= 11 is 0. The van der Waals surface area contributed by atoms with Gasteiger partial charge in [-0.25, -0.2) is 0 Å². The number of benzene rings is 4. The molecule has 45 heavy (non-hydrogen) atoms. The van der Waals surface area contributed by atoms with Crippen LogP contribution in [-0.4, -0.2) is 48.9 Å². The third-order valence-corrected chi connectivity index (χ3v) is 8.63. The second kappa shape index (κ2) is 13.9. The summed E-state index contributed by atoms with van der Waals surface area (Å²) in [7, 11) is 6.14. The molecule has 0 atom stereocenters. The molecule has 240 valence electrons. The van der Waals surface area contributed by atoms with Crippen LogP contribution in [0, 0.1) is 27.7 Å². The summed E-state index contributed by atoms with van der Waals surface area (Å²) in [6, 6.07) is 15.3. The molecular weight excluding hydrogens is 572 g/mol. The lowest BCUT2D eigenvalue weighted by Crippen LogP contribution is -2.07. The summed E-state index contributed by atoms with van der Waals surface area (Å²) in [5.41, 5.74) is 6.68. The van der Waals surface area contributed by atoms with Crippen molar-refractivity contribution in [2.75, 3.05) is 28.4 Å². The number of aryl methyl sites for hydroxylation is 4. The van der Waals surface area contributed by atoms with E-state index in [1.165, 1.54) is 28.4 Å². The molecule has 0 aliphatic rings. The number of methoxy groups -OCH3 is 4.